The molecule has 1 rings (SSSR count). The Labute approximate surface area is 134 Å². The third kappa shape index (κ3) is 7.60. The highest BCUT2D eigenvalue weighted by molar-refractivity contribution is 6.35. The lowest BCUT2D eigenvalue weighted by Crippen LogP contribution is -2.39. The molecular formula is C15H20N4O4. The molecule has 23 heavy (non-hydrogen) atoms. The Morgan fingerprint density at radius 3 is 2.43 bits per heavy atom. The van der Waals surface area contributed by atoms with Crippen LogP contribution in [0.25, 0.3) is 0 Å². The van der Waals surface area contributed by atoms with Gasteiger partial charge in [-0.1, -0.05) is 13.8 Å². The molecule has 1 aromatic rings. The standard InChI is InChI=1S/C15H20N4O4/c1-10(2)7-17-14(21)15(22)19-18-8-11-3-5-12(6-4-11)23-9-13(16)20/h3-6,8,10H,7,9H2,1-2H3,(H2,16,20)(H,17,21)(H,19,22)/b18-8+. The van der Waals surface area contributed by atoms with Gasteiger partial charge < -0.3 is 15.8 Å². The van der Waals surface area contributed by atoms with Crippen LogP contribution >= 0.6 is 0 Å². The summed E-state index contributed by atoms with van der Waals surface area (Å²) in [6.07, 6.45) is 1.38. The molecule has 0 bridgehead atoms. The molecule has 1 aromatic carbocycles. The summed E-state index contributed by atoms with van der Waals surface area (Å²) in [5.41, 5.74) is 7.78. The number of amides is 3. The molecule has 0 saturated carbocycles. The van der Waals surface area contributed by atoms with Gasteiger partial charge in [0.05, 0.1) is 6.21 Å². The van der Waals surface area contributed by atoms with Crippen molar-refractivity contribution in [3.05, 3.63) is 29.8 Å². The normalized spacial score (nSPS) is 10.6. The van der Waals surface area contributed by atoms with Gasteiger partial charge in [0.1, 0.15) is 5.75 Å². The van der Waals surface area contributed by atoms with Crippen LogP contribution in [0, 0.1) is 5.92 Å². The molecule has 8 heteroatoms. The second kappa shape index (κ2) is 9.19. The summed E-state index contributed by atoms with van der Waals surface area (Å²) in [6, 6.07) is 6.60. The molecule has 0 unspecified atom stereocenters. The minimum Gasteiger partial charge on any atom is -0.484 e. The second-order valence-electron chi connectivity index (χ2n) is 5.13. The van der Waals surface area contributed by atoms with E-state index in [0.29, 0.717) is 17.9 Å². The van der Waals surface area contributed by atoms with Gasteiger partial charge in [-0.25, -0.2) is 5.43 Å². The number of hydrogen-bond acceptors (Lipinski definition) is 5. The minimum absolute atomic E-state index is 0.199. The van der Waals surface area contributed by atoms with Crippen molar-refractivity contribution in [2.45, 2.75) is 13.8 Å². The monoisotopic (exact) mass is 320 g/mol. The van der Waals surface area contributed by atoms with Crippen LogP contribution in [0.3, 0.4) is 0 Å². The number of hydrazone groups is 1. The number of rotatable bonds is 7. The maximum absolute atomic E-state index is 11.4. The first-order chi connectivity index (χ1) is 10.9. The minimum atomic E-state index is -0.830. The van der Waals surface area contributed by atoms with Crippen molar-refractivity contribution in [2.75, 3.05) is 13.2 Å². The van der Waals surface area contributed by atoms with E-state index < -0.39 is 17.7 Å². The van der Waals surface area contributed by atoms with Crippen LogP contribution < -0.4 is 21.2 Å². The fraction of sp³-hybridized carbons (Fsp3) is 0.333. The van der Waals surface area contributed by atoms with E-state index >= 15 is 0 Å². The number of ether oxygens (including phenoxy) is 1. The van der Waals surface area contributed by atoms with Crippen molar-refractivity contribution in [1.29, 1.82) is 0 Å². The van der Waals surface area contributed by atoms with E-state index in [1.165, 1.54) is 6.21 Å². The Morgan fingerprint density at radius 1 is 1.22 bits per heavy atom. The van der Waals surface area contributed by atoms with Gasteiger partial charge in [0, 0.05) is 6.54 Å². The van der Waals surface area contributed by atoms with Crippen molar-refractivity contribution in [1.82, 2.24) is 10.7 Å². The highest BCUT2D eigenvalue weighted by atomic mass is 16.5. The molecule has 0 heterocycles. The van der Waals surface area contributed by atoms with Crippen LogP contribution in [0.5, 0.6) is 5.75 Å². The zero-order valence-electron chi connectivity index (χ0n) is 13.0. The molecule has 0 spiro atoms. The highest BCUT2D eigenvalue weighted by Crippen LogP contribution is 2.10. The van der Waals surface area contributed by atoms with Crippen LogP contribution in [0.2, 0.25) is 0 Å². The number of nitrogens with one attached hydrogen (secondary N) is 2. The van der Waals surface area contributed by atoms with Crippen molar-refractivity contribution in [3.8, 4) is 5.75 Å². The van der Waals surface area contributed by atoms with E-state index in [9.17, 15) is 14.4 Å². The van der Waals surface area contributed by atoms with Gasteiger partial charge in [-0.15, -0.1) is 0 Å². The topological polar surface area (TPSA) is 123 Å². The number of carbonyl (C=O) groups excluding carboxylic acids is 3. The first-order valence-electron chi connectivity index (χ1n) is 7.01. The van der Waals surface area contributed by atoms with E-state index in [1.807, 2.05) is 13.8 Å². The fourth-order valence-corrected chi connectivity index (χ4v) is 1.40. The van der Waals surface area contributed by atoms with Gasteiger partial charge >= 0.3 is 11.8 Å². The number of nitrogens with zero attached hydrogens (tertiary/aromatic N) is 1. The summed E-state index contributed by atoms with van der Waals surface area (Å²) in [6.45, 7) is 4.07. The summed E-state index contributed by atoms with van der Waals surface area (Å²) in [7, 11) is 0. The average molecular weight is 320 g/mol. The van der Waals surface area contributed by atoms with Gasteiger partial charge in [0.15, 0.2) is 6.61 Å². The maximum atomic E-state index is 11.4. The van der Waals surface area contributed by atoms with Crippen molar-refractivity contribution < 1.29 is 19.1 Å². The number of primary amides is 1. The Morgan fingerprint density at radius 2 is 1.87 bits per heavy atom. The molecular weight excluding hydrogens is 300 g/mol. The first kappa shape index (κ1) is 18.1. The van der Waals surface area contributed by atoms with Crippen LogP contribution in [0.4, 0.5) is 0 Å². The first-order valence-corrected chi connectivity index (χ1v) is 7.01. The third-order valence-electron chi connectivity index (χ3n) is 2.52. The van der Waals surface area contributed by atoms with Crippen LogP contribution in [-0.4, -0.2) is 37.1 Å². The van der Waals surface area contributed by atoms with Crippen LogP contribution in [-0.2, 0) is 14.4 Å². The van der Waals surface area contributed by atoms with Crippen LogP contribution in [0.1, 0.15) is 19.4 Å². The van der Waals surface area contributed by atoms with E-state index in [2.05, 4.69) is 15.8 Å². The summed E-state index contributed by atoms with van der Waals surface area (Å²) in [4.78, 5) is 33.4. The van der Waals surface area contributed by atoms with Crippen molar-refractivity contribution >= 4 is 23.9 Å². The summed E-state index contributed by atoms with van der Waals surface area (Å²) >= 11 is 0. The number of nitrogens with two attached hydrogens (primary N) is 1. The third-order valence-corrected chi connectivity index (χ3v) is 2.52. The number of benzene rings is 1. The summed E-state index contributed by atoms with van der Waals surface area (Å²) < 4.78 is 5.10. The molecule has 0 aromatic heterocycles. The second-order valence-corrected chi connectivity index (χ2v) is 5.13. The number of carbonyl (C=O) groups is 3. The van der Waals surface area contributed by atoms with E-state index in [1.54, 1.807) is 24.3 Å². The average Bonchev–Trinajstić information content (AvgIpc) is 2.51. The fourth-order valence-electron chi connectivity index (χ4n) is 1.40. The lowest BCUT2D eigenvalue weighted by molar-refractivity contribution is -0.139. The zero-order chi connectivity index (χ0) is 17.2. The summed E-state index contributed by atoms with van der Waals surface area (Å²) in [5.74, 6) is -1.38. The SMILES string of the molecule is CC(C)CNC(=O)C(=O)N/N=C/c1ccc(OCC(N)=O)cc1. The molecule has 0 aliphatic rings. The smallest absolute Gasteiger partial charge is 0.329 e. The predicted molar refractivity (Wildman–Crippen MR) is 84.7 cm³/mol. The number of hydrogen-bond donors (Lipinski definition) is 3. The van der Waals surface area contributed by atoms with Gasteiger partial charge in [-0.05, 0) is 35.7 Å². The van der Waals surface area contributed by atoms with Gasteiger partial charge in [-0.2, -0.15) is 5.10 Å². The Bertz CT molecular complexity index is 582. The van der Waals surface area contributed by atoms with E-state index in [4.69, 9.17) is 10.5 Å². The highest BCUT2D eigenvalue weighted by Gasteiger charge is 2.11. The maximum Gasteiger partial charge on any atom is 0.329 e. The summed E-state index contributed by atoms with van der Waals surface area (Å²) in [5, 5.41) is 6.18. The quantitative estimate of drug-likeness (QED) is 0.365. The van der Waals surface area contributed by atoms with E-state index in [0.717, 1.165) is 0 Å². The van der Waals surface area contributed by atoms with Gasteiger partial charge in [-0.3, -0.25) is 14.4 Å². The lowest BCUT2D eigenvalue weighted by Gasteiger charge is -2.05. The Balaban J connectivity index is 2.43. The molecule has 8 nitrogen and oxygen atoms in total. The van der Waals surface area contributed by atoms with Crippen molar-refractivity contribution in [2.24, 2.45) is 16.8 Å². The van der Waals surface area contributed by atoms with Gasteiger partial charge in [0.2, 0.25) is 0 Å². The molecule has 0 fully saturated rings. The predicted octanol–water partition coefficient (Wildman–Crippen LogP) is -0.227. The molecule has 124 valence electrons. The van der Waals surface area contributed by atoms with E-state index in [-0.39, 0.29) is 12.5 Å². The molecule has 0 aliphatic carbocycles. The molecule has 0 saturated heterocycles. The van der Waals surface area contributed by atoms with Gasteiger partial charge in [0.25, 0.3) is 5.91 Å². The van der Waals surface area contributed by atoms with Crippen LogP contribution in [0.15, 0.2) is 29.4 Å². The largest absolute Gasteiger partial charge is 0.484 e. The lowest BCUT2D eigenvalue weighted by atomic mass is 10.2. The molecule has 0 aliphatic heterocycles. The van der Waals surface area contributed by atoms with Crippen molar-refractivity contribution in [3.63, 3.8) is 0 Å². The Kier molecular flexibility index (Phi) is 7.25. The molecule has 4 N–H and O–H groups in total. The Hall–Kier alpha value is -2.90. The zero-order valence-corrected chi connectivity index (χ0v) is 13.0. The molecule has 3 amide bonds. The molecule has 0 radical (unpaired) electrons. The molecule has 0 atom stereocenters.